The van der Waals surface area contributed by atoms with Crippen molar-refractivity contribution in [1.82, 2.24) is 9.78 Å². The number of aryl methyl sites for hydroxylation is 1. The summed E-state index contributed by atoms with van der Waals surface area (Å²) in [5, 5.41) is 7.53. The highest BCUT2D eigenvalue weighted by atomic mass is 19.1. The molecule has 0 spiro atoms. The number of carbonyl (C=O) groups is 1. The van der Waals surface area contributed by atoms with Gasteiger partial charge in [-0.15, -0.1) is 0 Å². The molecule has 4 nitrogen and oxygen atoms in total. The van der Waals surface area contributed by atoms with Crippen molar-refractivity contribution >= 4 is 11.7 Å². The molecule has 1 aromatic carbocycles. The SMILES string of the molecule is Cc1ccc(C(=O)Nc2cc(C(C)(C)C)nn2C(C)(C)C)cc1F. The summed E-state index contributed by atoms with van der Waals surface area (Å²) in [7, 11) is 0. The van der Waals surface area contributed by atoms with Gasteiger partial charge in [0.25, 0.3) is 5.91 Å². The Hall–Kier alpha value is -2.17. The van der Waals surface area contributed by atoms with Crippen molar-refractivity contribution in [1.29, 1.82) is 0 Å². The molecule has 1 N–H and O–H groups in total. The summed E-state index contributed by atoms with van der Waals surface area (Å²) in [6.45, 7) is 14.0. The van der Waals surface area contributed by atoms with Gasteiger partial charge in [0, 0.05) is 17.0 Å². The van der Waals surface area contributed by atoms with E-state index in [4.69, 9.17) is 0 Å². The van der Waals surface area contributed by atoms with E-state index in [-0.39, 0.29) is 28.2 Å². The Labute approximate surface area is 143 Å². The molecule has 0 saturated heterocycles. The van der Waals surface area contributed by atoms with E-state index in [0.717, 1.165) is 5.69 Å². The van der Waals surface area contributed by atoms with Gasteiger partial charge in [-0.2, -0.15) is 5.10 Å². The summed E-state index contributed by atoms with van der Waals surface area (Å²) < 4.78 is 15.5. The van der Waals surface area contributed by atoms with E-state index in [1.54, 1.807) is 23.7 Å². The number of amides is 1. The largest absolute Gasteiger partial charge is 0.307 e. The first-order chi connectivity index (χ1) is 10.9. The fourth-order valence-electron chi connectivity index (χ4n) is 2.27. The van der Waals surface area contributed by atoms with Crippen LogP contribution in [0.1, 0.15) is 63.2 Å². The monoisotopic (exact) mass is 331 g/mol. The maximum Gasteiger partial charge on any atom is 0.256 e. The lowest BCUT2D eigenvalue weighted by atomic mass is 9.92. The molecule has 0 aliphatic heterocycles. The molecule has 0 aliphatic carbocycles. The van der Waals surface area contributed by atoms with Crippen molar-refractivity contribution in [3.05, 3.63) is 46.9 Å². The summed E-state index contributed by atoms with van der Waals surface area (Å²) in [5.41, 5.74) is 1.28. The van der Waals surface area contributed by atoms with Gasteiger partial charge in [0.15, 0.2) is 0 Å². The number of anilines is 1. The molecule has 0 atom stereocenters. The van der Waals surface area contributed by atoms with Crippen LogP contribution in [0.25, 0.3) is 0 Å². The average Bonchev–Trinajstić information content (AvgIpc) is 2.85. The molecule has 24 heavy (non-hydrogen) atoms. The molecule has 1 aromatic heterocycles. The summed E-state index contributed by atoms with van der Waals surface area (Å²) in [4.78, 5) is 12.5. The highest BCUT2D eigenvalue weighted by molar-refractivity contribution is 6.03. The Morgan fingerprint density at radius 1 is 1.12 bits per heavy atom. The summed E-state index contributed by atoms with van der Waals surface area (Å²) >= 11 is 0. The van der Waals surface area contributed by atoms with Gasteiger partial charge in [-0.1, -0.05) is 26.8 Å². The molecule has 0 saturated carbocycles. The van der Waals surface area contributed by atoms with E-state index >= 15 is 0 Å². The standard InChI is InChI=1S/C19H26FN3O/c1-12-8-9-13(10-14(12)20)17(24)21-16-11-15(18(2,3)4)22-23(16)19(5,6)7/h8-11H,1-7H3,(H,21,24). The third-order valence-corrected chi connectivity index (χ3v) is 3.79. The summed E-state index contributed by atoms with van der Waals surface area (Å²) in [6.07, 6.45) is 0. The smallest absolute Gasteiger partial charge is 0.256 e. The lowest BCUT2D eigenvalue weighted by Crippen LogP contribution is -2.27. The predicted octanol–water partition coefficient (Wildman–Crippen LogP) is 4.64. The van der Waals surface area contributed by atoms with Crippen LogP contribution in [0.4, 0.5) is 10.2 Å². The molecule has 0 radical (unpaired) electrons. The average molecular weight is 331 g/mol. The van der Waals surface area contributed by atoms with Crippen LogP contribution in [0.5, 0.6) is 0 Å². The number of benzene rings is 1. The molecular weight excluding hydrogens is 305 g/mol. The Kier molecular flexibility index (Phi) is 4.57. The van der Waals surface area contributed by atoms with Gasteiger partial charge in [0.2, 0.25) is 0 Å². The van der Waals surface area contributed by atoms with Crippen LogP contribution in [-0.4, -0.2) is 15.7 Å². The summed E-state index contributed by atoms with van der Waals surface area (Å²) in [6, 6.07) is 6.36. The maximum absolute atomic E-state index is 13.7. The number of nitrogens with zero attached hydrogens (tertiary/aromatic N) is 2. The zero-order chi connectivity index (χ0) is 18.3. The van der Waals surface area contributed by atoms with Crippen LogP contribution in [0, 0.1) is 12.7 Å². The van der Waals surface area contributed by atoms with E-state index < -0.39 is 0 Å². The van der Waals surface area contributed by atoms with E-state index in [9.17, 15) is 9.18 Å². The highest BCUT2D eigenvalue weighted by Gasteiger charge is 2.26. The number of rotatable bonds is 2. The van der Waals surface area contributed by atoms with E-state index in [1.807, 2.05) is 26.8 Å². The number of hydrogen-bond donors (Lipinski definition) is 1. The van der Waals surface area contributed by atoms with Crippen LogP contribution in [0.3, 0.4) is 0 Å². The fourth-order valence-corrected chi connectivity index (χ4v) is 2.27. The molecule has 2 rings (SSSR count). The van der Waals surface area contributed by atoms with Gasteiger partial charge in [-0.3, -0.25) is 4.79 Å². The van der Waals surface area contributed by atoms with Crippen molar-refractivity contribution in [3.63, 3.8) is 0 Å². The molecule has 2 aromatic rings. The van der Waals surface area contributed by atoms with Crippen LogP contribution >= 0.6 is 0 Å². The predicted molar refractivity (Wildman–Crippen MR) is 95.0 cm³/mol. The zero-order valence-corrected chi connectivity index (χ0v) is 15.5. The van der Waals surface area contributed by atoms with Crippen LogP contribution < -0.4 is 5.32 Å². The zero-order valence-electron chi connectivity index (χ0n) is 15.5. The first-order valence-electron chi connectivity index (χ1n) is 8.08. The van der Waals surface area contributed by atoms with Gasteiger partial charge in [0.05, 0.1) is 11.2 Å². The molecular formula is C19H26FN3O. The minimum Gasteiger partial charge on any atom is -0.307 e. The molecule has 1 amide bonds. The number of hydrogen-bond acceptors (Lipinski definition) is 2. The van der Waals surface area contributed by atoms with Crippen molar-refractivity contribution < 1.29 is 9.18 Å². The second kappa shape index (κ2) is 6.04. The van der Waals surface area contributed by atoms with Crippen molar-refractivity contribution in [2.75, 3.05) is 5.32 Å². The number of halogens is 1. The lowest BCUT2D eigenvalue weighted by molar-refractivity contribution is 0.102. The first-order valence-corrected chi connectivity index (χ1v) is 8.08. The molecule has 0 fully saturated rings. The lowest BCUT2D eigenvalue weighted by Gasteiger charge is -2.23. The van der Waals surface area contributed by atoms with E-state index in [2.05, 4.69) is 31.2 Å². The van der Waals surface area contributed by atoms with Crippen molar-refractivity contribution in [2.24, 2.45) is 0 Å². The fraction of sp³-hybridized carbons (Fsp3) is 0.474. The topological polar surface area (TPSA) is 46.9 Å². The molecule has 130 valence electrons. The third kappa shape index (κ3) is 3.83. The van der Waals surface area contributed by atoms with Gasteiger partial charge in [-0.25, -0.2) is 9.07 Å². The second-order valence-electron chi connectivity index (χ2n) is 8.17. The van der Waals surface area contributed by atoms with Crippen LogP contribution in [-0.2, 0) is 11.0 Å². The second-order valence-corrected chi connectivity index (χ2v) is 8.17. The van der Waals surface area contributed by atoms with Gasteiger partial charge in [0.1, 0.15) is 11.6 Å². The third-order valence-electron chi connectivity index (χ3n) is 3.79. The molecule has 0 unspecified atom stereocenters. The Bertz CT molecular complexity index is 764. The molecule has 1 heterocycles. The van der Waals surface area contributed by atoms with Gasteiger partial charge in [-0.05, 0) is 45.4 Å². The molecule has 5 heteroatoms. The van der Waals surface area contributed by atoms with Crippen molar-refractivity contribution in [3.8, 4) is 0 Å². The van der Waals surface area contributed by atoms with Crippen LogP contribution in [0.2, 0.25) is 0 Å². The van der Waals surface area contributed by atoms with Crippen LogP contribution in [0.15, 0.2) is 24.3 Å². The first kappa shape index (κ1) is 18.2. The molecule has 0 bridgehead atoms. The summed E-state index contributed by atoms with van der Waals surface area (Å²) in [5.74, 6) is -0.125. The Morgan fingerprint density at radius 3 is 2.25 bits per heavy atom. The maximum atomic E-state index is 13.7. The van der Waals surface area contributed by atoms with Gasteiger partial charge >= 0.3 is 0 Å². The number of aromatic nitrogens is 2. The quantitative estimate of drug-likeness (QED) is 0.872. The highest BCUT2D eigenvalue weighted by Crippen LogP contribution is 2.28. The molecule has 0 aliphatic rings. The van der Waals surface area contributed by atoms with Crippen molar-refractivity contribution in [2.45, 2.75) is 59.4 Å². The number of nitrogens with one attached hydrogen (secondary N) is 1. The number of carbonyl (C=O) groups excluding carboxylic acids is 1. The minimum absolute atomic E-state index is 0.133. The van der Waals surface area contributed by atoms with E-state index in [1.165, 1.54) is 6.07 Å². The minimum atomic E-state index is -0.387. The Morgan fingerprint density at radius 2 is 1.75 bits per heavy atom. The normalized spacial score (nSPS) is 12.3. The Balaban J connectivity index is 2.39. The van der Waals surface area contributed by atoms with E-state index in [0.29, 0.717) is 11.4 Å². The van der Waals surface area contributed by atoms with Gasteiger partial charge < -0.3 is 5.32 Å².